The second-order valence-electron chi connectivity index (χ2n) is 7.44. The SMILES string of the molecule is COc1ccc(C(=O)N2CCN(Cc3cc(OC)c(OC)c(OC)c3)CC2)cc1.O=C(O)C(=O)O. The highest BCUT2D eigenvalue weighted by Gasteiger charge is 2.23. The summed E-state index contributed by atoms with van der Waals surface area (Å²) in [5, 5.41) is 14.8. The summed E-state index contributed by atoms with van der Waals surface area (Å²) in [6.45, 7) is 3.74. The van der Waals surface area contributed by atoms with Crippen LogP contribution in [-0.4, -0.2) is 92.5 Å². The molecule has 2 N–H and O–H groups in total. The summed E-state index contributed by atoms with van der Waals surface area (Å²) in [5.41, 5.74) is 1.76. The van der Waals surface area contributed by atoms with Crippen molar-refractivity contribution in [2.24, 2.45) is 0 Å². The number of amides is 1. The smallest absolute Gasteiger partial charge is 0.414 e. The predicted molar refractivity (Wildman–Crippen MR) is 126 cm³/mol. The van der Waals surface area contributed by atoms with E-state index < -0.39 is 11.9 Å². The summed E-state index contributed by atoms with van der Waals surface area (Å²) in [7, 11) is 6.44. The molecule has 0 unspecified atom stereocenters. The van der Waals surface area contributed by atoms with Crippen molar-refractivity contribution in [1.82, 2.24) is 9.80 Å². The lowest BCUT2D eigenvalue weighted by Gasteiger charge is -2.35. The van der Waals surface area contributed by atoms with E-state index in [1.54, 1.807) is 28.4 Å². The lowest BCUT2D eigenvalue weighted by molar-refractivity contribution is -0.159. The number of nitrogens with zero attached hydrogens (tertiary/aromatic N) is 2. The Morgan fingerprint density at radius 2 is 1.29 bits per heavy atom. The quantitative estimate of drug-likeness (QED) is 0.554. The van der Waals surface area contributed by atoms with E-state index in [0.717, 1.165) is 30.9 Å². The molecule has 1 saturated heterocycles. The molecule has 11 heteroatoms. The molecule has 1 aliphatic heterocycles. The van der Waals surface area contributed by atoms with E-state index in [4.69, 9.17) is 38.7 Å². The third-order valence-corrected chi connectivity index (χ3v) is 5.31. The molecule has 0 saturated carbocycles. The van der Waals surface area contributed by atoms with Crippen molar-refractivity contribution >= 4 is 17.8 Å². The van der Waals surface area contributed by atoms with Crippen molar-refractivity contribution in [1.29, 1.82) is 0 Å². The molecule has 3 rings (SSSR count). The Balaban J connectivity index is 0.000000641. The van der Waals surface area contributed by atoms with E-state index >= 15 is 0 Å². The maximum atomic E-state index is 12.7. The monoisotopic (exact) mass is 490 g/mol. The number of carboxylic acids is 2. The van der Waals surface area contributed by atoms with E-state index in [2.05, 4.69) is 4.90 Å². The second-order valence-corrected chi connectivity index (χ2v) is 7.44. The lowest BCUT2D eigenvalue weighted by Crippen LogP contribution is -2.48. The molecule has 0 atom stereocenters. The summed E-state index contributed by atoms with van der Waals surface area (Å²) in [4.78, 5) is 35.1. The second kappa shape index (κ2) is 13.0. The highest BCUT2D eigenvalue weighted by Crippen LogP contribution is 2.38. The molecule has 2 aromatic rings. The number of carboxylic acid groups (broad SMARTS) is 2. The lowest BCUT2D eigenvalue weighted by atomic mass is 10.1. The van der Waals surface area contributed by atoms with E-state index in [-0.39, 0.29) is 5.91 Å². The highest BCUT2D eigenvalue weighted by atomic mass is 16.5. The molecule has 2 aromatic carbocycles. The van der Waals surface area contributed by atoms with Gasteiger partial charge >= 0.3 is 11.9 Å². The van der Waals surface area contributed by atoms with Gasteiger partial charge in [0, 0.05) is 38.3 Å². The Morgan fingerprint density at radius 1 is 0.771 bits per heavy atom. The zero-order valence-corrected chi connectivity index (χ0v) is 20.1. The van der Waals surface area contributed by atoms with Gasteiger partial charge in [-0.05, 0) is 42.0 Å². The zero-order chi connectivity index (χ0) is 26.0. The third-order valence-electron chi connectivity index (χ3n) is 5.31. The van der Waals surface area contributed by atoms with Gasteiger partial charge in [0.25, 0.3) is 5.91 Å². The molecule has 0 spiro atoms. The molecular weight excluding hydrogens is 460 g/mol. The number of rotatable bonds is 7. The summed E-state index contributed by atoms with van der Waals surface area (Å²) in [6, 6.07) is 11.2. The predicted octanol–water partition coefficient (Wildman–Crippen LogP) is 1.83. The minimum atomic E-state index is -1.82. The Bertz CT molecular complexity index is 979. The Morgan fingerprint density at radius 3 is 1.69 bits per heavy atom. The van der Waals surface area contributed by atoms with Crippen molar-refractivity contribution in [2.75, 3.05) is 54.6 Å². The van der Waals surface area contributed by atoms with Crippen molar-refractivity contribution in [2.45, 2.75) is 6.54 Å². The van der Waals surface area contributed by atoms with E-state index in [1.165, 1.54) is 0 Å². The molecule has 1 heterocycles. The molecule has 190 valence electrons. The molecular formula is C24H30N2O9. The molecule has 0 bridgehead atoms. The number of hydrogen-bond donors (Lipinski definition) is 2. The van der Waals surface area contributed by atoms with E-state index in [0.29, 0.717) is 35.9 Å². The highest BCUT2D eigenvalue weighted by molar-refractivity contribution is 6.27. The summed E-state index contributed by atoms with van der Waals surface area (Å²) in [6.07, 6.45) is 0. The van der Waals surface area contributed by atoms with Crippen LogP contribution >= 0.6 is 0 Å². The number of carbonyl (C=O) groups excluding carboxylic acids is 1. The average Bonchev–Trinajstić information content (AvgIpc) is 2.88. The van der Waals surface area contributed by atoms with Crippen LogP contribution in [0.1, 0.15) is 15.9 Å². The number of carbonyl (C=O) groups is 3. The van der Waals surface area contributed by atoms with Gasteiger partial charge < -0.3 is 34.1 Å². The first-order valence-electron chi connectivity index (χ1n) is 10.6. The average molecular weight is 491 g/mol. The summed E-state index contributed by atoms with van der Waals surface area (Å²) < 4.78 is 21.4. The van der Waals surface area contributed by atoms with Crippen LogP contribution in [0.25, 0.3) is 0 Å². The maximum absolute atomic E-state index is 12.7. The van der Waals surface area contributed by atoms with Crippen LogP contribution < -0.4 is 18.9 Å². The van der Waals surface area contributed by atoms with Crippen LogP contribution in [0.2, 0.25) is 0 Å². The topological polar surface area (TPSA) is 135 Å². The van der Waals surface area contributed by atoms with Gasteiger partial charge in [0.1, 0.15) is 5.75 Å². The van der Waals surface area contributed by atoms with Crippen LogP contribution in [0.5, 0.6) is 23.0 Å². The first kappa shape index (κ1) is 27.3. The molecule has 1 fully saturated rings. The molecule has 11 nitrogen and oxygen atoms in total. The van der Waals surface area contributed by atoms with Gasteiger partial charge in [-0.1, -0.05) is 0 Å². The van der Waals surface area contributed by atoms with Crippen molar-refractivity contribution in [3.05, 3.63) is 47.5 Å². The number of hydrogen-bond acceptors (Lipinski definition) is 8. The Labute approximate surface area is 203 Å². The number of piperazine rings is 1. The Hall–Kier alpha value is -3.99. The minimum absolute atomic E-state index is 0.0556. The normalized spacial score (nSPS) is 13.2. The molecule has 0 aliphatic carbocycles. The van der Waals surface area contributed by atoms with E-state index in [1.807, 2.05) is 41.3 Å². The minimum Gasteiger partial charge on any atom is -0.497 e. The van der Waals surface area contributed by atoms with Gasteiger partial charge in [0.2, 0.25) is 5.75 Å². The van der Waals surface area contributed by atoms with Gasteiger partial charge in [-0.3, -0.25) is 9.69 Å². The third kappa shape index (κ3) is 7.51. The van der Waals surface area contributed by atoms with Crippen LogP contribution in [0.15, 0.2) is 36.4 Å². The van der Waals surface area contributed by atoms with Crippen molar-refractivity contribution in [3.8, 4) is 23.0 Å². The number of aliphatic carboxylic acids is 2. The maximum Gasteiger partial charge on any atom is 0.414 e. The van der Waals surface area contributed by atoms with Gasteiger partial charge in [-0.25, -0.2) is 9.59 Å². The van der Waals surface area contributed by atoms with E-state index in [9.17, 15) is 4.79 Å². The van der Waals surface area contributed by atoms with Gasteiger partial charge in [-0.15, -0.1) is 0 Å². The fourth-order valence-electron chi connectivity index (χ4n) is 3.51. The van der Waals surface area contributed by atoms with Gasteiger partial charge in [0.05, 0.1) is 28.4 Å². The standard InChI is InChI=1S/C22H28N2O5.C2H2O4/c1-26-18-7-5-17(6-8-18)22(25)24-11-9-23(10-12-24)15-16-13-19(27-2)21(29-4)20(14-16)28-3;3-1(4)2(5)6/h5-8,13-14H,9-12,15H2,1-4H3;(H,3,4)(H,5,6). The number of benzene rings is 2. The van der Waals surface area contributed by atoms with Crippen LogP contribution in [0, 0.1) is 0 Å². The fourth-order valence-corrected chi connectivity index (χ4v) is 3.51. The molecule has 1 aliphatic rings. The van der Waals surface area contributed by atoms with Crippen LogP contribution in [0.3, 0.4) is 0 Å². The van der Waals surface area contributed by atoms with Crippen molar-refractivity contribution < 1.29 is 43.5 Å². The summed E-state index contributed by atoms with van der Waals surface area (Å²) >= 11 is 0. The van der Waals surface area contributed by atoms with Crippen molar-refractivity contribution in [3.63, 3.8) is 0 Å². The molecule has 0 aromatic heterocycles. The van der Waals surface area contributed by atoms with Crippen LogP contribution in [0.4, 0.5) is 0 Å². The van der Waals surface area contributed by atoms with Gasteiger partial charge in [0.15, 0.2) is 11.5 Å². The molecule has 0 radical (unpaired) electrons. The molecule has 1 amide bonds. The first-order chi connectivity index (χ1) is 16.7. The van der Waals surface area contributed by atoms with Crippen LogP contribution in [-0.2, 0) is 16.1 Å². The zero-order valence-electron chi connectivity index (χ0n) is 20.1. The van der Waals surface area contributed by atoms with Gasteiger partial charge in [-0.2, -0.15) is 0 Å². The summed E-state index contributed by atoms with van der Waals surface area (Å²) in [5.74, 6) is -0.958. The fraction of sp³-hybridized carbons (Fsp3) is 0.375. The Kier molecular flexibility index (Phi) is 10.2. The number of methoxy groups -OCH3 is 4. The molecule has 35 heavy (non-hydrogen) atoms. The largest absolute Gasteiger partial charge is 0.497 e. The first-order valence-corrected chi connectivity index (χ1v) is 10.6. The number of ether oxygens (including phenoxy) is 4.